The second-order valence-corrected chi connectivity index (χ2v) is 9.11. The molecule has 0 aliphatic heterocycles. The Bertz CT molecular complexity index is 1060. The smallest absolute Gasteiger partial charge is 0.327 e. The zero-order chi connectivity index (χ0) is 22.9. The highest BCUT2D eigenvalue weighted by molar-refractivity contribution is 7.89. The average Bonchev–Trinajstić information content (AvgIpc) is 2.88. The monoisotopic (exact) mass is 484 g/mol. The lowest BCUT2D eigenvalue weighted by Gasteiger charge is -2.18. The molecule has 0 saturated heterocycles. The first kappa shape index (κ1) is 27.1. The van der Waals surface area contributed by atoms with Crippen LogP contribution in [0.15, 0.2) is 35.0 Å². The van der Waals surface area contributed by atoms with Crippen LogP contribution >= 0.6 is 12.4 Å². The molecule has 2 rings (SSSR count). The summed E-state index contributed by atoms with van der Waals surface area (Å²) in [4.78, 5) is -0.804. The molecule has 12 heteroatoms. The first-order valence-corrected chi connectivity index (χ1v) is 10.4. The van der Waals surface area contributed by atoms with Crippen LogP contribution in [-0.4, -0.2) is 43.1 Å². The molecule has 1 aromatic heterocycles. The molecule has 31 heavy (non-hydrogen) atoms. The fourth-order valence-corrected chi connectivity index (χ4v) is 4.10. The largest absolute Gasteiger partial charge is 0.417 e. The standard InChI is InChI=1S/C19H24F4N4O2S.ClH/c1-12-16(13(2)27(25-12)11-15(20)7-8-24)9-14-5-6-18(30(28,29)26(3)4)17(10-14)19(21,22)23;/h5-7,10H,8-9,11,24H2,1-4H3;1H. The van der Waals surface area contributed by atoms with Crippen LogP contribution in [0.2, 0.25) is 0 Å². The number of aromatic nitrogens is 2. The predicted octanol–water partition coefficient (Wildman–Crippen LogP) is 3.59. The molecular formula is C19H25ClF4N4O2S. The van der Waals surface area contributed by atoms with Crippen LogP contribution in [0, 0.1) is 13.8 Å². The van der Waals surface area contributed by atoms with Crippen LogP contribution in [0.1, 0.15) is 28.1 Å². The Labute approximate surface area is 185 Å². The summed E-state index contributed by atoms with van der Waals surface area (Å²) in [5.74, 6) is -0.466. The van der Waals surface area contributed by atoms with Gasteiger partial charge in [-0.1, -0.05) is 6.07 Å². The van der Waals surface area contributed by atoms with E-state index in [-0.39, 0.29) is 37.5 Å². The van der Waals surface area contributed by atoms with Crippen molar-refractivity contribution >= 4 is 22.4 Å². The first-order valence-electron chi connectivity index (χ1n) is 8.99. The summed E-state index contributed by atoms with van der Waals surface area (Å²) < 4.78 is 81.3. The van der Waals surface area contributed by atoms with Gasteiger partial charge in [-0.25, -0.2) is 17.1 Å². The fraction of sp³-hybridized carbons (Fsp3) is 0.421. The maximum atomic E-state index is 13.8. The number of hydrogen-bond donors (Lipinski definition) is 1. The molecule has 0 aliphatic rings. The van der Waals surface area contributed by atoms with Crippen molar-refractivity contribution in [3.8, 4) is 0 Å². The molecule has 2 aromatic rings. The van der Waals surface area contributed by atoms with Crippen molar-refractivity contribution < 1.29 is 26.0 Å². The van der Waals surface area contributed by atoms with Crippen molar-refractivity contribution in [2.24, 2.45) is 5.73 Å². The number of nitrogens with zero attached hydrogens (tertiary/aromatic N) is 3. The van der Waals surface area contributed by atoms with Crippen molar-refractivity contribution in [1.29, 1.82) is 0 Å². The Morgan fingerprint density at radius 2 is 1.87 bits per heavy atom. The molecule has 0 fully saturated rings. The molecule has 6 nitrogen and oxygen atoms in total. The molecule has 1 aromatic carbocycles. The summed E-state index contributed by atoms with van der Waals surface area (Å²) in [6, 6.07) is 3.14. The van der Waals surface area contributed by atoms with Gasteiger partial charge in [-0.3, -0.25) is 4.68 Å². The molecule has 0 radical (unpaired) electrons. The molecule has 0 spiro atoms. The molecule has 0 unspecified atom stereocenters. The van der Waals surface area contributed by atoms with Gasteiger partial charge in [-0.2, -0.15) is 18.3 Å². The topological polar surface area (TPSA) is 81.2 Å². The minimum absolute atomic E-state index is 0. The lowest BCUT2D eigenvalue weighted by Crippen LogP contribution is -2.25. The molecule has 0 amide bonds. The van der Waals surface area contributed by atoms with E-state index < -0.39 is 32.5 Å². The van der Waals surface area contributed by atoms with Crippen molar-refractivity contribution in [2.75, 3.05) is 20.6 Å². The van der Waals surface area contributed by atoms with E-state index in [0.717, 1.165) is 16.4 Å². The molecular weight excluding hydrogens is 460 g/mol. The van der Waals surface area contributed by atoms with Gasteiger partial charge >= 0.3 is 6.18 Å². The maximum Gasteiger partial charge on any atom is 0.417 e. The maximum absolute atomic E-state index is 13.8. The number of alkyl halides is 3. The zero-order valence-electron chi connectivity index (χ0n) is 17.5. The third-order valence-corrected chi connectivity index (χ3v) is 6.53. The summed E-state index contributed by atoms with van der Waals surface area (Å²) >= 11 is 0. The van der Waals surface area contributed by atoms with Crippen LogP contribution in [0.4, 0.5) is 17.6 Å². The molecule has 0 atom stereocenters. The minimum atomic E-state index is -4.85. The van der Waals surface area contributed by atoms with Crippen molar-refractivity contribution in [2.45, 2.75) is 37.9 Å². The van der Waals surface area contributed by atoms with E-state index in [0.29, 0.717) is 17.0 Å². The van der Waals surface area contributed by atoms with Crippen LogP contribution in [0.25, 0.3) is 0 Å². The van der Waals surface area contributed by atoms with E-state index in [1.165, 1.54) is 30.9 Å². The quantitative estimate of drug-likeness (QED) is 0.609. The molecule has 2 N–H and O–H groups in total. The molecule has 0 aliphatic carbocycles. The zero-order valence-corrected chi connectivity index (χ0v) is 19.1. The second kappa shape index (κ2) is 10.1. The first-order chi connectivity index (χ1) is 13.8. The van der Waals surface area contributed by atoms with E-state index in [4.69, 9.17) is 5.73 Å². The number of benzene rings is 1. The van der Waals surface area contributed by atoms with Crippen molar-refractivity contribution in [3.63, 3.8) is 0 Å². The third kappa shape index (κ3) is 6.06. The number of aryl methyl sites for hydroxylation is 1. The third-order valence-electron chi connectivity index (χ3n) is 4.66. The minimum Gasteiger partial charge on any atom is -0.327 e. The van der Waals surface area contributed by atoms with Gasteiger partial charge in [0.2, 0.25) is 10.0 Å². The summed E-state index contributed by atoms with van der Waals surface area (Å²) in [6.07, 6.45) is -3.54. The van der Waals surface area contributed by atoms with E-state index in [2.05, 4.69) is 5.10 Å². The van der Waals surface area contributed by atoms with Crippen LogP contribution in [0.5, 0.6) is 0 Å². The van der Waals surface area contributed by atoms with Crippen molar-refractivity contribution in [1.82, 2.24) is 14.1 Å². The molecule has 1 heterocycles. The SMILES string of the molecule is Cc1nn(CC(F)=CCN)c(C)c1Cc1ccc(S(=O)(=O)N(C)C)c(C(F)(F)F)c1.Cl. The number of allylic oxidation sites excluding steroid dienone is 1. The Kier molecular flexibility index (Phi) is 8.84. The second-order valence-electron chi connectivity index (χ2n) is 6.99. The van der Waals surface area contributed by atoms with E-state index in [1.807, 2.05) is 0 Å². The van der Waals surface area contributed by atoms with Gasteiger partial charge < -0.3 is 5.73 Å². The van der Waals surface area contributed by atoms with Crippen LogP contribution < -0.4 is 5.73 Å². The van der Waals surface area contributed by atoms with Gasteiger partial charge in [0.15, 0.2) is 0 Å². The van der Waals surface area contributed by atoms with Gasteiger partial charge in [0.25, 0.3) is 0 Å². The summed E-state index contributed by atoms with van der Waals surface area (Å²) in [5, 5.41) is 4.25. The van der Waals surface area contributed by atoms with Crippen LogP contribution in [0.3, 0.4) is 0 Å². The lowest BCUT2D eigenvalue weighted by molar-refractivity contribution is -0.140. The van der Waals surface area contributed by atoms with E-state index in [1.54, 1.807) is 13.8 Å². The lowest BCUT2D eigenvalue weighted by atomic mass is 10.0. The Hall–Kier alpha value is -1.95. The highest BCUT2D eigenvalue weighted by Gasteiger charge is 2.38. The van der Waals surface area contributed by atoms with E-state index in [9.17, 15) is 26.0 Å². The number of hydrogen-bond acceptors (Lipinski definition) is 4. The Morgan fingerprint density at radius 3 is 2.39 bits per heavy atom. The molecule has 0 bridgehead atoms. The number of rotatable bonds is 7. The fourth-order valence-electron chi connectivity index (χ4n) is 3.01. The average molecular weight is 485 g/mol. The Balaban J connectivity index is 0.00000480. The van der Waals surface area contributed by atoms with Gasteiger partial charge in [-0.15, -0.1) is 12.4 Å². The molecule has 174 valence electrons. The van der Waals surface area contributed by atoms with Crippen molar-refractivity contribution in [3.05, 3.63) is 58.2 Å². The van der Waals surface area contributed by atoms with Gasteiger partial charge in [0.1, 0.15) is 5.83 Å². The summed E-state index contributed by atoms with van der Waals surface area (Å²) in [7, 11) is -1.93. The summed E-state index contributed by atoms with van der Waals surface area (Å²) in [5.41, 5.74) is 6.12. The van der Waals surface area contributed by atoms with Gasteiger partial charge in [0.05, 0.1) is 22.7 Å². The van der Waals surface area contributed by atoms with Gasteiger partial charge in [0, 0.05) is 38.3 Å². The van der Waals surface area contributed by atoms with E-state index >= 15 is 0 Å². The Morgan fingerprint density at radius 1 is 1.26 bits per heavy atom. The highest BCUT2D eigenvalue weighted by Crippen LogP contribution is 2.36. The predicted molar refractivity (Wildman–Crippen MR) is 112 cm³/mol. The number of sulfonamides is 1. The highest BCUT2D eigenvalue weighted by atomic mass is 35.5. The normalized spacial score (nSPS) is 12.9. The summed E-state index contributed by atoms with van der Waals surface area (Å²) in [6.45, 7) is 3.29. The van der Waals surface area contributed by atoms with Gasteiger partial charge in [-0.05, 0) is 37.6 Å². The number of halogens is 5. The number of nitrogens with two attached hydrogens (primary N) is 1. The van der Waals surface area contributed by atoms with Crippen LogP contribution in [-0.2, 0) is 29.2 Å². The molecule has 0 saturated carbocycles.